The third-order valence-corrected chi connectivity index (χ3v) is 3.26. The van der Waals surface area contributed by atoms with Gasteiger partial charge in [-0.25, -0.2) is 0 Å². The highest BCUT2D eigenvalue weighted by Crippen LogP contribution is 2.32. The summed E-state index contributed by atoms with van der Waals surface area (Å²) in [7, 11) is 1.64. The minimum Gasteiger partial charge on any atom is -0.510 e. The van der Waals surface area contributed by atoms with Crippen LogP contribution in [0.1, 0.15) is 5.56 Å². The molecule has 0 fully saturated rings. The lowest BCUT2D eigenvalue weighted by Gasteiger charge is -2.08. The average Bonchev–Trinajstić information content (AvgIpc) is 2.46. The molecular weight excluding hydrogens is 293 g/mol. The number of aliphatic hydroxyl groups is 1. The normalized spacial score (nSPS) is 16.2. The number of aliphatic hydroxyl groups excluding tert-OH is 1. The molecule has 0 bridgehead atoms. The van der Waals surface area contributed by atoms with Gasteiger partial charge >= 0.3 is 0 Å². The molecule has 0 unspecified atom stereocenters. The Bertz CT molecular complexity index is 499. The van der Waals surface area contributed by atoms with Gasteiger partial charge < -0.3 is 10.0 Å². The van der Waals surface area contributed by atoms with Crippen LogP contribution in [-0.2, 0) is 4.79 Å². The minimum atomic E-state index is -0.211. The van der Waals surface area contributed by atoms with E-state index in [2.05, 4.69) is 15.9 Å². The predicted molar refractivity (Wildman–Crippen MR) is 66.3 cm³/mol. The van der Waals surface area contributed by atoms with Gasteiger partial charge in [-0.3, -0.25) is 4.79 Å². The van der Waals surface area contributed by atoms with E-state index in [1.54, 1.807) is 25.2 Å². The van der Waals surface area contributed by atoms with Crippen LogP contribution in [0.5, 0.6) is 0 Å². The van der Waals surface area contributed by atoms with Crippen LogP contribution in [0.15, 0.2) is 28.4 Å². The van der Waals surface area contributed by atoms with Crippen LogP contribution in [-0.4, -0.2) is 29.5 Å². The summed E-state index contributed by atoms with van der Waals surface area (Å²) in [4.78, 5) is 13.3. The second kappa shape index (κ2) is 4.11. The number of hydrogen-bond acceptors (Lipinski definition) is 2. The third-order valence-electron chi connectivity index (χ3n) is 2.43. The highest BCUT2D eigenvalue weighted by atomic mass is 79.9. The van der Waals surface area contributed by atoms with Crippen molar-refractivity contribution in [3.63, 3.8) is 0 Å². The second-order valence-corrected chi connectivity index (χ2v) is 4.93. The topological polar surface area (TPSA) is 40.5 Å². The molecule has 0 saturated carbocycles. The van der Waals surface area contributed by atoms with Crippen molar-refractivity contribution in [1.29, 1.82) is 0 Å². The lowest BCUT2D eigenvalue weighted by Crippen LogP contribution is -2.21. The average molecular weight is 303 g/mol. The van der Waals surface area contributed by atoms with Crippen molar-refractivity contribution in [3.05, 3.63) is 39.0 Å². The van der Waals surface area contributed by atoms with Gasteiger partial charge in [0.25, 0.3) is 5.91 Å². The van der Waals surface area contributed by atoms with Crippen molar-refractivity contribution in [2.75, 3.05) is 13.6 Å². The molecule has 1 aromatic carbocycles. The Hall–Kier alpha value is -1.00. The number of likely N-dealkylation sites (N-methyl/N-ethyl adjacent to an activating group) is 1. The molecule has 0 atom stereocenters. The number of carbonyl (C=O) groups excluding carboxylic acids is 1. The Morgan fingerprint density at radius 3 is 2.75 bits per heavy atom. The molecule has 0 radical (unpaired) electrons. The van der Waals surface area contributed by atoms with Gasteiger partial charge in [-0.1, -0.05) is 27.5 Å². The van der Waals surface area contributed by atoms with Gasteiger partial charge in [-0.15, -0.1) is 0 Å². The van der Waals surface area contributed by atoms with E-state index >= 15 is 0 Å². The number of amides is 1. The predicted octanol–water partition coefficient (Wildman–Crippen LogP) is 2.84. The Labute approximate surface area is 106 Å². The third kappa shape index (κ3) is 1.83. The van der Waals surface area contributed by atoms with E-state index in [1.807, 2.05) is 0 Å². The monoisotopic (exact) mass is 301 g/mol. The van der Waals surface area contributed by atoms with E-state index < -0.39 is 0 Å². The fourth-order valence-electron chi connectivity index (χ4n) is 1.65. The highest BCUT2D eigenvalue weighted by Gasteiger charge is 2.30. The molecule has 5 heteroatoms. The van der Waals surface area contributed by atoms with Gasteiger partial charge in [-0.05, 0) is 18.2 Å². The van der Waals surface area contributed by atoms with Gasteiger partial charge in [0.05, 0.1) is 12.1 Å². The van der Waals surface area contributed by atoms with E-state index in [0.29, 0.717) is 10.6 Å². The summed E-state index contributed by atoms with van der Waals surface area (Å²) in [6, 6.07) is 5.20. The van der Waals surface area contributed by atoms with Crippen LogP contribution < -0.4 is 0 Å². The molecule has 1 aliphatic heterocycles. The zero-order valence-electron chi connectivity index (χ0n) is 8.50. The number of halogens is 2. The van der Waals surface area contributed by atoms with Crippen molar-refractivity contribution in [1.82, 2.24) is 4.90 Å². The lowest BCUT2D eigenvalue weighted by molar-refractivity contribution is -0.122. The molecular formula is C11H9BrClNO2. The molecule has 0 aliphatic carbocycles. The zero-order valence-corrected chi connectivity index (χ0v) is 10.8. The minimum absolute atomic E-state index is 0.0625. The first-order valence-electron chi connectivity index (χ1n) is 4.63. The summed E-state index contributed by atoms with van der Waals surface area (Å²) >= 11 is 9.33. The van der Waals surface area contributed by atoms with E-state index in [-0.39, 0.29) is 23.8 Å². The molecule has 84 valence electrons. The van der Waals surface area contributed by atoms with Gasteiger partial charge in [0.2, 0.25) is 0 Å². The maximum absolute atomic E-state index is 11.8. The number of hydrogen-bond donors (Lipinski definition) is 1. The van der Waals surface area contributed by atoms with E-state index in [1.165, 1.54) is 4.90 Å². The highest BCUT2D eigenvalue weighted by molar-refractivity contribution is 9.10. The number of rotatable bonds is 1. The molecule has 0 saturated heterocycles. The van der Waals surface area contributed by atoms with Crippen LogP contribution in [0.3, 0.4) is 0 Å². The van der Waals surface area contributed by atoms with Crippen molar-refractivity contribution in [3.8, 4) is 0 Å². The molecule has 1 N–H and O–H groups in total. The first kappa shape index (κ1) is 11.5. The van der Waals surface area contributed by atoms with Crippen LogP contribution >= 0.6 is 27.5 Å². The first-order chi connectivity index (χ1) is 7.50. The van der Waals surface area contributed by atoms with Gasteiger partial charge in [-0.2, -0.15) is 0 Å². The summed E-state index contributed by atoms with van der Waals surface area (Å²) in [5, 5.41) is 10.2. The standard InChI is InChI=1S/C11H9BrClNO2/c1-14-5-9(15)10(11(14)16)7-4-6(12)2-3-8(7)13/h2-4,15H,5H2,1H3. The lowest BCUT2D eigenvalue weighted by atomic mass is 10.1. The van der Waals surface area contributed by atoms with Crippen molar-refractivity contribution >= 4 is 39.0 Å². The summed E-state index contributed by atoms with van der Waals surface area (Å²) in [5.74, 6) is -0.148. The Kier molecular flexibility index (Phi) is 2.95. The number of nitrogens with zero attached hydrogens (tertiary/aromatic N) is 1. The van der Waals surface area contributed by atoms with Gasteiger partial charge in [0.1, 0.15) is 5.76 Å². The molecule has 16 heavy (non-hydrogen) atoms. The second-order valence-electron chi connectivity index (χ2n) is 3.61. The maximum atomic E-state index is 11.8. The van der Waals surface area contributed by atoms with Crippen molar-refractivity contribution < 1.29 is 9.90 Å². The molecule has 2 rings (SSSR count). The van der Waals surface area contributed by atoms with Crippen LogP contribution in [0, 0.1) is 0 Å². The van der Waals surface area contributed by atoms with E-state index in [9.17, 15) is 9.90 Å². The molecule has 1 heterocycles. The zero-order chi connectivity index (χ0) is 11.9. The quantitative estimate of drug-likeness (QED) is 0.866. The van der Waals surface area contributed by atoms with Gasteiger partial charge in [0.15, 0.2) is 0 Å². The van der Waals surface area contributed by atoms with E-state index in [4.69, 9.17) is 11.6 Å². The summed E-state index contributed by atoms with van der Waals surface area (Å²) in [6.45, 7) is 0.233. The summed E-state index contributed by atoms with van der Waals surface area (Å²) < 4.78 is 0.814. The van der Waals surface area contributed by atoms with Crippen LogP contribution in [0.25, 0.3) is 5.57 Å². The first-order valence-corrected chi connectivity index (χ1v) is 5.81. The molecule has 1 amide bonds. The molecule has 1 aromatic rings. The smallest absolute Gasteiger partial charge is 0.258 e. The van der Waals surface area contributed by atoms with Gasteiger partial charge in [0, 0.05) is 22.1 Å². The Morgan fingerprint density at radius 2 is 2.19 bits per heavy atom. The van der Waals surface area contributed by atoms with Crippen LogP contribution in [0.2, 0.25) is 5.02 Å². The van der Waals surface area contributed by atoms with Crippen LogP contribution in [0.4, 0.5) is 0 Å². The number of benzene rings is 1. The SMILES string of the molecule is CN1CC(O)=C(c2cc(Br)ccc2Cl)C1=O. The largest absolute Gasteiger partial charge is 0.510 e. The fourth-order valence-corrected chi connectivity index (χ4v) is 2.22. The molecule has 0 aromatic heterocycles. The molecule has 3 nitrogen and oxygen atoms in total. The fraction of sp³-hybridized carbons (Fsp3) is 0.182. The Balaban J connectivity index is 2.57. The maximum Gasteiger partial charge on any atom is 0.258 e. The Morgan fingerprint density at radius 1 is 1.50 bits per heavy atom. The molecule has 1 aliphatic rings. The summed E-state index contributed by atoms with van der Waals surface area (Å²) in [5.41, 5.74) is 0.844. The number of carbonyl (C=O) groups is 1. The molecule has 0 spiro atoms. The van der Waals surface area contributed by atoms with Crippen molar-refractivity contribution in [2.45, 2.75) is 0 Å². The van der Waals surface area contributed by atoms with E-state index in [0.717, 1.165) is 4.47 Å². The summed E-state index contributed by atoms with van der Waals surface area (Å²) in [6.07, 6.45) is 0. The van der Waals surface area contributed by atoms with Crippen molar-refractivity contribution in [2.24, 2.45) is 0 Å².